The van der Waals surface area contributed by atoms with Gasteiger partial charge in [-0.25, -0.2) is 13.1 Å². The second-order valence-electron chi connectivity index (χ2n) is 4.45. The third-order valence-corrected chi connectivity index (χ3v) is 4.61. The number of likely N-dealkylation sites (tertiary alicyclic amines) is 1. The Kier molecular flexibility index (Phi) is 5.39. The number of carbonyl (C=O) groups is 1. The predicted octanol–water partition coefficient (Wildman–Crippen LogP) is 0.717. The summed E-state index contributed by atoms with van der Waals surface area (Å²) in [6, 6.07) is -0.00699. The summed E-state index contributed by atoms with van der Waals surface area (Å²) in [5, 5.41) is 0. The first-order valence-electron chi connectivity index (χ1n) is 6.26. The Bertz CT molecular complexity index is 346. The lowest BCUT2D eigenvalue weighted by Gasteiger charge is -2.32. The van der Waals surface area contributed by atoms with E-state index in [-0.39, 0.29) is 17.7 Å². The molecule has 1 aliphatic rings. The van der Waals surface area contributed by atoms with Crippen LogP contribution >= 0.6 is 0 Å². The van der Waals surface area contributed by atoms with Gasteiger partial charge in [-0.3, -0.25) is 4.79 Å². The first-order chi connectivity index (χ1) is 7.98. The fourth-order valence-corrected chi connectivity index (χ4v) is 3.45. The van der Waals surface area contributed by atoms with Crippen molar-refractivity contribution in [2.75, 3.05) is 18.8 Å². The Morgan fingerprint density at radius 2 is 1.88 bits per heavy atom. The lowest BCUT2D eigenvalue weighted by molar-refractivity contribution is -0.131. The van der Waals surface area contributed by atoms with Crippen LogP contribution in [-0.4, -0.2) is 44.1 Å². The summed E-state index contributed by atoms with van der Waals surface area (Å²) in [4.78, 5) is 13.3. The number of amides is 1. The van der Waals surface area contributed by atoms with Gasteiger partial charge in [0.15, 0.2) is 0 Å². The maximum atomic E-state index is 11.6. The molecule has 0 spiro atoms. The molecule has 6 heteroatoms. The summed E-state index contributed by atoms with van der Waals surface area (Å²) in [5.41, 5.74) is 0. The highest BCUT2D eigenvalue weighted by atomic mass is 32.2. The molecule has 1 amide bonds. The van der Waals surface area contributed by atoms with Gasteiger partial charge in [0.05, 0.1) is 5.75 Å². The van der Waals surface area contributed by atoms with Crippen molar-refractivity contribution in [2.45, 2.75) is 45.6 Å². The topological polar surface area (TPSA) is 66.5 Å². The monoisotopic (exact) mass is 262 g/mol. The molecule has 17 heavy (non-hydrogen) atoms. The molecule has 0 bridgehead atoms. The van der Waals surface area contributed by atoms with Crippen molar-refractivity contribution in [2.24, 2.45) is 0 Å². The van der Waals surface area contributed by atoms with E-state index in [0.29, 0.717) is 38.8 Å². The molecule has 0 atom stereocenters. The molecule has 0 aromatic rings. The van der Waals surface area contributed by atoms with E-state index in [2.05, 4.69) is 4.72 Å². The van der Waals surface area contributed by atoms with E-state index < -0.39 is 10.0 Å². The number of hydrogen-bond donors (Lipinski definition) is 1. The van der Waals surface area contributed by atoms with E-state index >= 15 is 0 Å². The van der Waals surface area contributed by atoms with Gasteiger partial charge in [0, 0.05) is 25.6 Å². The molecule has 1 N–H and O–H groups in total. The van der Waals surface area contributed by atoms with Crippen molar-refractivity contribution >= 4 is 15.9 Å². The van der Waals surface area contributed by atoms with Gasteiger partial charge in [-0.2, -0.15) is 0 Å². The normalized spacial score (nSPS) is 18.4. The van der Waals surface area contributed by atoms with Crippen molar-refractivity contribution in [1.29, 1.82) is 0 Å². The number of nitrogens with zero attached hydrogens (tertiary/aromatic N) is 1. The van der Waals surface area contributed by atoms with E-state index in [1.165, 1.54) is 0 Å². The maximum absolute atomic E-state index is 11.6. The van der Waals surface area contributed by atoms with E-state index in [9.17, 15) is 13.2 Å². The molecule has 0 aromatic heterocycles. The fourth-order valence-electron chi connectivity index (χ4n) is 2.05. The zero-order valence-electron chi connectivity index (χ0n) is 10.6. The highest BCUT2D eigenvalue weighted by Crippen LogP contribution is 2.12. The van der Waals surface area contributed by atoms with Crippen molar-refractivity contribution in [3.8, 4) is 0 Å². The minimum atomic E-state index is -3.13. The molecule has 0 aromatic carbocycles. The number of rotatable bonds is 5. The van der Waals surface area contributed by atoms with Crippen molar-refractivity contribution in [1.82, 2.24) is 9.62 Å². The molecule has 5 nitrogen and oxygen atoms in total. The first kappa shape index (κ1) is 14.4. The van der Waals surface area contributed by atoms with Gasteiger partial charge in [-0.1, -0.05) is 13.8 Å². The van der Waals surface area contributed by atoms with Gasteiger partial charge in [-0.15, -0.1) is 0 Å². The van der Waals surface area contributed by atoms with E-state index in [0.717, 1.165) is 0 Å². The van der Waals surface area contributed by atoms with Crippen LogP contribution in [0.2, 0.25) is 0 Å². The SMILES string of the molecule is CCCS(=O)(=O)NC1CCN(C(=O)CC)CC1. The molecule has 1 heterocycles. The standard InChI is InChI=1S/C11H22N2O3S/c1-3-9-17(15,16)12-10-5-7-13(8-6-10)11(14)4-2/h10,12H,3-9H2,1-2H3. The minimum Gasteiger partial charge on any atom is -0.343 e. The summed E-state index contributed by atoms with van der Waals surface area (Å²) in [6.45, 7) is 5.01. The van der Waals surface area contributed by atoms with Gasteiger partial charge in [-0.05, 0) is 19.3 Å². The second kappa shape index (κ2) is 6.35. The summed E-state index contributed by atoms with van der Waals surface area (Å²) in [7, 11) is -3.13. The van der Waals surface area contributed by atoms with Crippen LogP contribution in [-0.2, 0) is 14.8 Å². The zero-order valence-corrected chi connectivity index (χ0v) is 11.4. The Morgan fingerprint density at radius 1 is 1.29 bits per heavy atom. The summed E-state index contributed by atoms with van der Waals surface area (Å²) >= 11 is 0. The Hall–Kier alpha value is -0.620. The summed E-state index contributed by atoms with van der Waals surface area (Å²) in [5.74, 6) is 0.334. The van der Waals surface area contributed by atoms with Crippen molar-refractivity contribution in [3.05, 3.63) is 0 Å². The molecule has 0 radical (unpaired) electrons. The molecule has 0 unspecified atom stereocenters. The predicted molar refractivity (Wildman–Crippen MR) is 67.1 cm³/mol. The summed E-state index contributed by atoms with van der Waals surface area (Å²) in [6.07, 6.45) is 2.58. The number of carbonyl (C=O) groups excluding carboxylic acids is 1. The molecule has 1 fully saturated rings. The van der Waals surface area contributed by atoms with Crippen LogP contribution in [0.25, 0.3) is 0 Å². The van der Waals surface area contributed by atoms with E-state index in [1.54, 1.807) is 0 Å². The van der Waals surface area contributed by atoms with Gasteiger partial charge in [0.2, 0.25) is 15.9 Å². The average molecular weight is 262 g/mol. The quantitative estimate of drug-likeness (QED) is 0.794. The third kappa shape index (κ3) is 4.63. The molecule has 1 aliphatic heterocycles. The first-order valence-corrected chi connectivity index (χ1v) is 7.91. The van der Waals surface area contributed by atoms with Gasteiger partial charge in [0.1, 0.15) is 0 Å². The Balaban J connectivity index is 2.40. The van der Waals surface area contributed by atoms with Gasteiger partial charge < -0.3 is 4.90 Å². The van der Waals surface area contributed by atoms with E-state index in [1.807, 2.05) is 18.7 Å². The largest absolute Gasteiger partial charge is 0.343 e. The van der Waals surface area contributed by atoms with Crippen LogP contribution in [0.15, 0.2) is 0 Å². The molecule has 1 saturated heterocycles. The van der Waals surface area contributed by atoms with Crippen LogP contribution in [0.3, 0.4) is 0 Å². The Morgan fingerprint density at radius 3 is 2.35 bits per heavy atom. The van der Waals surface area contributed by atoms with Crippen molar-refractivity contribution in [3.63, 3.8) is 0 Å². The molecular weight excluding hydrogens is 240 g/mol. The molecule has 0 saturated carbocycles. The third-order valence-electron chi connectivity index (χ3n) is 2.97. The fraction of sp³-hybridized carbons (Fsp3) is 0.909. The van der Waals surface area contributed by atoms with Crippen LogP contribution in [0, 0.1) is 0 Å². The maximum Gasteiger partial charge on any atom is 0.222 e. The smallest absolute Gasteiger partial charge is 0.222 e. The van der Waals surface area contributed by atoms with Gasteiger partial charge in [0.25, 0.3) is 0 Å². The van der Waals surface area contributed by atoms with Crippen LogP contribution in [0.5, 0.6) is 0 Å². The van der Waals surface area contributed by atoms with Gasteiger partial charge >= 0.3 is 0 Å². The summed E-state index contributed by atoms with van der Waals surface area (Å²) < 4.78 is 25.9. The molecule has 0 aliphatic carbocycles. The van der Waals surface area contributed by atoms with Crippen LogP contribution < -0.4 is 4.72 Å². The molecular formula is C11H22N2O3S. The van der Waals surface area contributed by atoms with Crippen LogP contribution in [0.4, 0.5) is 0 Å². The lowest BCUT2D eigenvalue weighted by Crippen LogP contribution is -2.46. The lowest BCUT2D eigenvalue weighted by atomic mass is 10.1. The number of hydrogen-bond acceptors (Lipinski definition) is 3. The molecule has 100 valence electrons. The highest BCUT2D eigenvalue weighted by molar-refractivity contribution is 7.89. The highest BCUT2D eigenvalue weighted by Gasteiger charge is 2.24. The minimum absolute atomic E-state index is 0.00699. The number of sulfonamides is 1. The number of piperidine rings is 1. The average Bonchev–Trinajstić information content (AvgIpc) is 2.28. The van der Waals surface area contributed by atoms with Crippen molar-refractivity contribution < 1.29 is 13.2 Å². The van der Waals surface area contributed by atoms with E-state index in [4.69, 9.17) is 0 Å². The Labute approximate surface area is 104 Å². The zero-order chi connectivity index (χ0) is 12.9. The van der Waals surface area contributed by atoms with Crippen LogP contribution in [0.1, 0.15) is 39.5 Å². The second-order valence-corrected chi connectivity index (χ2v) is 6.32. The number of nitrogens with one attached hydrogen (secondary N) is 1. The molecule has 1 rings (SSSR count).